The van der Waals surface area contributed by atoms with Crippen LogP contribution < -0.4 is 5.43 Å². The molecule has 1 atom stereocenters. The van der Waals surface area contributed by atoms with E-state index in [2.05, 4.69) is 12.0 Å². The molecule has 1 aliphatic rings. The lowest BCUT2D eigenvalue weighted by atomic mass is 10.00. The van der Waals surface area contributed by atoms with Crippen LogP contribution in [0.1, 0.15) is 26.2 Å². The molecule has 1 amide bonds. The summed E-state index contributed by atoms with van der Waals surface area (Å²) in [6.07, 6.45) is 4.05. The Bertz CT molecular complexity index is 738. The minimum absolute atomic E-state index is 0.0805. The molecule has 2 heterocycles. The molecule has 0 radical (unpaired) electrons. The lowest BCUT2D eigenvalue weighted by Gasteiger charge is -2.31. The Balaban J connectivity index is 1.73. The summed E-state index contributed by atoms with van der Waals surface area (Å²) >= 11 is 0. The number of aryl methyl sites for hydroxylation is 1. The normalized spacial score (nSPS) is 18.6. The van der Waals surface area contributed by atoms with Gasteiger partial charge in [0, 0.05) is 24.9 Å². The summed E-state index contributed by atoms with van der Waals surface area (Å²) in [5, 5.41) is 4.82. The van der Waals surface area contributed by atoms with Crippen LogP contribution in [0, 0.1) is 5.92 Å². The molecule has 1 aromatic heterocycles. The second kappa shape index (κ2) is 6.30. The molecule has 0 spiro atoms. The lowest BCUT2D eigenvalue weighted by molar-refractivity contribution is -0.133. The van der Waals surface area contributed by atoms with Crippen molar-refractivity contribution in [3.05, 3.63) is 40.7 Å². The first kappa shape index (κ1) is 14.8. The zero-order valence-electron chi connectivity index (χ0n) is 12.9. The summed E-state index contributed by atoms with van der Waals surface area (Å²) in [4.78, 5) is 26.1. The number of piperidine rings is 1. The minimum Gasteiger partial charge on any atom is -0.342 e. The third kappa shape index (κ3) is 3.03. The van der Waals surface area contributed by atoms with Crippen LogP contribution in [0.4, 0.5) is 0 Å². The van der Waals surface area contributed by atoms with Gasteiger partial charge in [0.05, 0.1) is 18.3 Å². The van der Waals surface area contributed by atoms with Crippen LogP contribution in [0.3, 0.4) is 0 Å². The highest BCUT2D eigenvalue weighted by molar-refractivity contribution is 5.79. The predicted molar refractivity (Wildman–Crippen MR) is 85.6 cm³/mol. The van der Waals surface area contributed by atoms with Gasteiger partial charge in [-0.2, -0.15) is 5.10 Å². The molecule has 1 aromatic carbocycles. The first-order valence-electron chi connectivity index (χ1n) is 7.88. The highest BCUT2D eigenvalue weighted by Crippen LogP contribution is 2.16. The molecule has 116 valence electrons. The van der Waals surface area contributed by atoms with Crippen LogP contribution >= 0.6 is 0 Å². The third-order valence-corrected chi connectivity index (χ3v) is 4.31. The lowest BCUT2D eigenvalue weighted by Crippen LogP contribution is -2.39. The van der Waals surface area contributed by atoms with Crippen LogP contribution in [0.2, 0.25) is 0 Å². The summed E-state index contributed by atoms with van der Waals surface area (Å²) in [7, 11) is 0. The highest BCUT2D eigenvalue weighted by atomic mass is 16.2. The molecule has 0 saturated carbocycles. The Kier molecular flexibility index (Phi) is 4.22. The molecule has 1 fully saturated rings. The number of rotatable bonds is 3. The second-order valence-corrected chi connectivity index (χ2v) is 6.09. The molecule has 1 aliphatic heterocycles. The van der Waals surface area contributed by atoms with Crippen LogP contribution in [-0.4, -0.2) is 33.7 Å². The Labute approximate surface area is 129 Å². The number of benzene rings is 1. The summed E-state index contributed by atoms with van der Waals surface area (Å²) in [5.41, 5.74) is 0.706. The van der Waals surface area contributed by atoms with E-state index < -0.39 is 0 Å². The molecular formula is C17H21N3O2. The van der Waals surface area contributed by atoms with Crippen molar-refractivity contribution in [2.45, 2.75) is 32.7 Å². The zero-order chi connectivity index (χ0) is 15.5. The minimum atomic E-state index is -0.0805. The molecule has 2 aromatic rings. The Morgan fingerprint density at radius 1 is 1.36 bits per heavy atom. The number of likely N-dealkylation sites (tertiary alicyclic amines) is 1. The van der Waals surface area contributed by atoms with E-state index in [0.717, 1.165) is 25.0 Å². The first-order chi connectivity index (χ1) is 10.6. The van der Waals surface area contributed by atoms with Crippen LogP contribution in [0.15, 0.2) is 35.3 Å². The number of carbonyl (C=O) groups excluding carboxylic acids is 1. The number of para-hydroxylation sites is 1. The van der Waals surface area contributed by atoms with Gasteiger partial charge >= 0.3 is 0 Å². The van der Waals surface area contributed by atoms with Gasteiger partial charge in [-0.15, -0.1) is 0 Å². The fourth-order valence-electron chi connectivity index (χ4n) is 3.11. The third-order valence-electron chi connectivity index (χ3n) is 4.31. The number of nitrogens with zero attached hydrogens (tertiary/aromatic N) is 3. The maximum absolute atomic E-state index is 12.3. The Morgan fingerprint density at radius 2 is 2.18 bits per heavy atom. The van der Waals surface area contributed by atoms with E-state index in [1.54, 1.807) is 10.7 Å². The summed E-state index contributed by atoms with van der Waals surface area (Å²) in [6, 6.07) is 7.39. The summed E-state index contributed by atoms with van der Waals surface area (Å²) in [6.45, 7) is 4.42. The number of amides is 1. The van der Waals surface area contributed by atoms with Gasteiger partial charge in [-0.3, -0.25) is 14.3 Å². The molecule has 0 N–H and O–H groups in total. The quantitative estimate of drug-likeness (QED) is 0.871. The van der Waals surface area contributed by atoms with Crippen LogP contribution in [0.25, 0.3) is 10.9 Å². The molecule has 1 saturated heterocycles. The van der Waals surface area contributed by atoms with Gasteiger partial charge in [0.15, 0.2) is 0 Å². The molecule has 3 rings (SSSR count). The van der Waals surface area contributed by atoms with Crippen molar-refractivity contribution in [3.63, 3.8) is 0 Å². The SMILES string of the molecule is CC1CCCN(C(=O)CCn2ncc(=O)c3ccccc32)C1. The van der Waals surface area contributed by atoms with Gasteiger partial charge in [0.2, 0.25) is 11.3 Å². The molecular weight excluding hydrogens is 278 g/mol. The first-order valence-corrected chi connectivity index (χ1v) is 7.88. The number of carbonyl (C=O) groups is 1. The number of hydrogen-bond acceptors (Lipinski definition) is 3. The van der Waals surface area contributed by atoms with Crippen molar-refractivity contribution in [2.24, 2.45) is 5.92 Å². The smallest absolute Gasteiger partial charge is 0.224 e. The molecule has 1 unspecified atom stereocenters. The molecule has 5 heteroatoms. The zero-order valence-corrected chi connectivity index (χ0v) is 12.9. The maximum Gasteiger partial charge on any atom is 0.224 e. The van der Waals surface area contributed by atoms with Crippen molar-refractivity contribution in [3.8, 4) is 0 Å². The molecule has 0 bridgehead atoms. The second-order valence-electron chi connectivity index (χ2n) is 6.09. The van der Waals surface area contributed by atoms with Gasteiger partial charge in [0.1, 0.15) is 0 Å². The van der Waals surface area contributed by atoms with Gasteiger partial charge in [-0.25, -0.2) is 0 Å². The Morgan fingerprint density at radius 3 is 3.00 bits per heavy atom. The van der Waals surface area contributed by atoms with E-state index in [9.17, 15) is 9.59 Å². The molecule has 22 heavy (non-hydrogen) atoms. The standard InChI is InChI=1S/C17H21N3O2/c1-13-5-4-9-19(12-13)17(22)8-10-20-15-7-3-2-6-14(15)16(21)11-18-20/h2-3,6-7,11,13H,4-5,8-10,12H2,1H3. The number of hydrogen-bond donors (Lipinski definition) is 0. The number of aromatic nitrogens is 2. The average Bonchev–Trinajstić information content (AvgIpc) is 2.54. The van der Waals surface area contributed by atoms with Crippen molar-refractivity contribution in [1.82, 2.24) is 14.7 Å². The van der Waals surface area contributed by atoms with E-state index in [0.29, 0.717) is 24.3 Å². The predicted octanol–water partition coefficient (Wildman–Crippen LogP) is 2.05. The van der Waals surface area contributed by atoms with Crippen molar-refractivity contribution in [1.29, 1.82) is 0 Å². The molecule has 0 aliphatic carbocycles. The van der Waals surface area contributed by atoms with E-state index in [1.165, 1.54) is 12.6 Å². The van der Waals surface area contributed by atoms with Crippen molar-refractivity contribution < 1.29 is 4.79 Å². The Hall–Kier alpha value is -2.17. The summed E-state index contributed by atoms with van der Waals surface area (Å²) < 4.78 is 1.75. The topological polar surface area (TPSA) is 55.2 Å². The van der Waals surface area contributed by atoms with E-state index in [4.69, 9.17) is 0 Å². The maximum atomic E-state index is 12.3. The van der Waals surface area contributed by atoms with Gasteiger partial charge in [-0.05, 0) is 30.9 Å². The fourth-order valence-corrected chi connectivity index (χ4v) is 3.11. The fraction of sp³-hybridized carbons (Fsp3) is 0.471. The van der Waals surface area contributed by atoms with E-state index >= 15 is 0 Å². The van der Waals surface area contributed by atoms with Gasteiger partial charge in [0.25, 0.3) is 0 Å². The van der Waals surface area contributed by atoms with Crippen molar-refractivity contribution >= 4 is 16.8 Å². The average molecular weight is 299 g/mol. The van der Waals surface area contributed by atoms with Crippen LogP contribution in [-0.2, 0) is 11.3 Å². The largest absolute Gasteiger partial charge is 0.342 e. The van der Waals surface area contributed by atoms with Crippen LogP contribution in [0.5, 0.6) is 0 Å². The van der Waals surface area contributed by atoms with Crippen molar-refractivity contribution in [2.75, 3.05) is 13.1 Å². The monoisotopic (exact) mass is 299 g/mol. The van der Waals surface area contributed by atoms with Gasteiger partial charge < -0.3 is 4.90 Å². The highest BCUT2D eigenvalue weighted by Gasteiger charge is 2.20. The number of fused-ring (bicyclic) bond motifs is 1. The van der Waals surface area contributed by atoms with E-state index in [-0.39, 0.29) is 11.3 Å². The summed E-state index contributed by atoms with van der Waals surface area (Å²) in [5.74, 6) is 0.764. The van der Waals surface area contributed by atoms with Gasteiger partial charge in [-0.1, -0.05) is 19.1 Å². The molecule has 5 nitrogen and oxygen atoms in total. The van der Waals surface area contributed by atoms with E-state index in [1.807, 2.05) is 23.1 Å².